The predicted octanol–water partition coefficient (Wildman–Crippen LogP) is 5.42. The van der Waals surface area contributed by atoms with Crippen molar-refractivity contribution in [1.29, 1.82) is 0 Å². The summed E-state index contributed by atoms with van der Waals surface area (Å²) in [7, 11) is 0. The average Bonchev–Trinajstić information content (AvgIpc) is 2.77. The summed E-state index contributed by atoms with van der Waals surface area (Å²) in [5.41, 5.74) is 2.08. The number of benzene rings is 4. The number of anilines is 2. The van der Waals surface area contributed by atoms with Crippen molar-refractivity contribution in [1.82, 2.24) is 0 Å². The predicted molar refractivity (Wildman–Crippen MR) is 115 cm³/mol. The van der Waals surface area contributed by atoms with Gasteiger partial charge in [-0.3, -0.25) is 0 Å². The maximum atomic E-state index is 10.7. The Labute approximate surface area is 165 Å². The molecule has 3 heteroatoms. The molecular weight excluding hydrogens is 346 g/mol. The standard InChI is InChI=1S/C25H23NO2/c27-24(19-28-25-16-15-20-9-7-8-10-21(20)17-25)18-26(22-11-3-1-4-12-22)23-13-5-2-6-14-23/h1-17,24,27H,18-19H2. The van der Waals surface area contributed by atoms with E-state index in [1.807, 2.05) is 91.0 Å². The minimum Gasteiger partial charge on any atom is -0.491 e. The quantitative estimate of drug-likeness (QED) is 0.472. The molecule has 0 spiro atoms. The second-order valence-corrected chi connectivity index (χ2v) is 6.76. The first kappa shape index (κ1) is 18.1. The van der Waals surface area contributed by atoms with Gasteiger partial charge < -0.3 is 14.7 Å². The van der Waals surface area contributed by atoms with Crippen molar-refractivity contribution in [3.63, 3.8) is 0 Å². The number of aliphatic hydroxyl groups excluding tert-OH is 1. The number of hydrogen-bond donors (Lipinski definition) is 1. The fourth-order valence-corrected chi connectivity index (χ4v) is 3.29. The van der Waals surface area contributed by atoms with E-state index < -0.39 is 6.10 Å². The molecule has 28 heavy (non-hydrogen) atoms. The molecule has 140 valence electrons. The lowest BCUT2D eigenvalue weighted by Crippen LogP contribution is -2.32. The molecule has 0 heterocycles. The van der Waals surface area contributed by atoms with E-state index in [0.29, 0.717) is 6.54 Å². The van der Waals surface area contributed by atoms with Gasteiger partial charge in [0.05, 0.1) is 6.54 Å². The van der Waals surface area contributed by atoms with Gasteiger partial charge in [0, 0.05) is 11.4 Å². The number of para-hydroxylation sites is 2. The average molecular weight is 369 g/mol. The number of nitrogens with zero attached hydrogens (tertiary/aromatic N) is 1. The maximum absolute atomic E-state index is 10.7. The van der Waals surface area contributed by atoms with E-state index in [1.165, 1.54) is 5.39 Å². The molecule has 0 radical (unpaired) electrons. The SMILES string of the molecule is OC(COc1ccc2ccccc2c1)CN(c1ccccc1)c1ccccc1. The van der Waals surface area contributed by atoms with E-state index >= 15 is 0 Å². The molecule has 1 unspecified atom stereocenters. The van der Waals surface area contributed by atoms with Crippen molar-refractivity contribution in [3.8, 4) is 5.75 Å². The van der Waals surface area contributed by atoms with E-state index in [4.69, 9.17) is 4.74 Å². The van der Waals surface area contributed by atoms with Crippen molar-refractivity contribution < 1.29 is 9.84 Å². The fraction of sp³-hybridized carbons (Fsp3) is 0.120. The van der Waals surface area contributed by atoms with Crippen LogP contribution in [0.2, 0.25) is 0 Å². The first-order valence-corrected chi connectivity index (χ1v) is 9.47. The Kier molecular flexibility index (Phi) is 5.55. The Hall–Kier alpha value is -3.30. The summed E-state index contributed by atoms with van der Waals surface area (Å²) in [5, 5.41) is 13.0. The normalized spacial score (nSPS) is 11.9. The highest BCUT2D eigenvalue weighted by Crippen LogP contribution is 2.25. The number of rotatable bonds is 7. The third-order valence-electron chi connectivity index (χ3n) is 4.69. The van der Waals surface area contributed by atoms with E-state index in [1.54, 1.807) is 0 Å². The van der Waals surface area contributed by atoms with E-state index in [0.717, 1.165) is 22.5 Å². The number of fused-ring (bicyclic) bond motifs is 1. The van der Waals surface area contributed by atoms with Crippen LogP contribution in [0.25, 0.3) is 10.8 Å². The van der Waals surface area contributed by atoms with Crippen LogP contribution in [0.1, 0.15) is 0 Å². The number of ether oxygens (including phenoxy) is 1. The molecule has 0 aliphatic carbocycles. The molecule has 4 aromatic carbocycles. The monoisotopic (exact) mass is 369 g/mol. The largest absolute Gasteiger partial charge is 0.491 e. The highest BCUT2D eigenvalue weighted by Gasteiger charge is 2.15. The van der Waals surface area contributed by atoms with Crippen LogP contribution >= 0.6 is 0 Å². The molecule has 0 saturated carbocycles. The van der Waals surface area contributed by atoms with E-state index in [-0.39, 0.29) is 6.61 Å². The summed E-state index contributed by atoms with van der Waals surface area (Å²) in [6, 6.07) is 34.3. The topological polar surface area (TPSA) is 32.7 Å². The van der Waals surface area contributed by atoms with Crippen LogP contribution in [0, 0.1) is 0 Å². The zero-order valence-electron chi connectivity index (χ0n) is 15.6. The second-order valence-electron chi connectivity index (χ2n) is 6.76. The van der Waals surface area contributed by atoms with Gasteiger partial charge in [0.1, 0.15) is 18.5 Å². The summed E-state index contributed by atoms with van der Waals surface area (Å²) in [6.45, 7) is 0.677. The lowest BCUT2D eigenvalue weighted by molar-refractivity contribution is 0.114. The molecule has 0 aliphatic heterocycles. The van der Waals surface area contributed by atoms with Crippen LogP contribution in [0.15, 0.2) is 103 Å². The van der Waals surface area contributed by atoms with Gasteiger partial charge >= 0.3 is 0 Å². The Balaban J connectivity index is 1.46. The van der Waals surface area contributed by atoms with Crippen LogP contribution in [0.5, 0.6) is 5.75 Å². The van der Waals surface area contributed by atoms with Crippen molar-refractivity contribution in [2.24, 2.45) is 0 Å². The minimum atomic E-state index is -0.633. The van der Waals surface area contributed by atoms with Crippen LogP contribution in [-0.4, -0.2) is 24.4 Å². The Morgan fingerprint density at radius 2 is 1.25 bits per heavy atom. The molecule has 0 aliphatic rings. The van der Waals surface area contributed by atoms with Gasteiger partial charge in [0.25, 0.3) is 0 Å². The lowest BCUT2D eigenvalue weighted by atomic mass is 10.1. The van der Waals surface area contributed by atoms with Crippen LogP contribution < -0.4 is 9.64 Å². The zero-order valence-corrected chi connectivity index (χ0v) is 15.6. The van der Waals surface area contributed by atoms with Gasteiger partial charge in [-0.1, -0.05) is 66.7 Å². The van der Waals surface area contributed by atoms with Crippen LogP contribution in [0.3, 0.4) is 0 Å². The van der Waals surface area contributed by atoms with Crippen LogP contribution in [-0.2, 0) is 0 Å². The van der Waals surface area contributed by atoms with Crippen LogP contribution in [0.4, 0.5) is 11.4 Å². The molecule has 0 fully saturated rings. The summed E-state index contributed by atoms with van der Waals surface area (Å²) in [5.74, 6) is 0.767. The van der Waals surface area contributed by atoms with E-state index in [9.17, 15) is 5.11 Å². The molecule has 0 aromatic heterocycles. The number of hydrogen-bond acceptors (Lipinski definition) is 3. The van der Waals surface area contributed by atoms with Crippen molar-refractivity contribution in [3.05, 3.63) is 103 Å². The second kappa shape index (κ2) is 8.59. The first-order chi connectivity index (χ1) is 13.8. The smallest absolute Gasteiger partial charge is 0.120 e. The summed E-state index contributed by atoms with van der Waals surface area (Å²) in [4.78, 5) is 2.11. The highest BCUT2D eigenvalue weighted by molar-refractivity contribution is 5.83. The molecule has 0 saturated heterocycles. The van der Waals surface area contributed by atoms with Gasteiger partial charge in [0.15, 0.2) is 0 Å². The molecule has 3 nitrogen and oxygen atoms in total. The number of aliphatic hydroxyl groups is 1. The lowest BCUT2D eigenvalue weighted by Gasteiger charge is -2.27. The third-order valence-corrected chi connectivity index (χ3v) is 4.69. The van der Waals surface area contributed by atoms with Crippen molar-refractivity contribution in [2.45, 2.75) is 6.10 Å². The van der Waals surface area contributed by atoms with Crippen molar-refractivity contribution in [2.75, 3.05) is 18.1 Å². The van der Waals surface area contributed by atoms with E-state index in [2.05, 4.69) is 17.0 Å². The van der Waals surface area contributed by atoms with Gasteiger partial charge in [0.2, 0.25) is 0 Å². The molecule has 0 bridgehead atoms. The van der Waals surface area contributed by atoms with Gasteiger partial charge in [-0.25, -0.2) is 0 Å². The Morgan fingerprint density at radius 3 is 1.89 bits per heavy atom. The third kappa shape index (κ3) is 4.33. The van der Waals surface area contributed by atoms with Gasteiger partial charge in [-0.05, 0) is 47.2 Å². The molecule has 1 atom stereocenters. The molecule has 1 N–H and O–H groups in total. The molecule has 4 aromatic rings. The minimum absolute atomic E-state index is 0.231. The molecule has 4 rings (SSSR count). The Morgan fingerprint density at radius 1 is 0.679 bits per heavy atom. The first-order valence-electron chi connectivity index (χ1n) is 9.47. The fourth-order valence-electron chi connectivity index (χ4n) is 3.29. The molecular formula is C25H23NO2. The summed E-state index contributed by atoms with van der Waals surface area (Å²) < 4.78 is 5.87. The highest BCUT2D eigenvalue weighted by atomic mass is 16.5. The van der Waals surface area contributed by atoms with Gasteiger partial charge in [-0.15, -0.1) is 0 Å². The summed E-state index contributed by atoms with van der Waals surface area (Å²) in [6.07, 6.45) is -0.633. The summed E-state index contributed by atoms with van der Waals surface area (Å²) >= 11 is 0. The maximum Gasteiger partial charge on any atom is 0.120 e. The van der Waals surface area contributed by atoms with Crippen molar-refractivity contribution >= 4 is 22.1 Å². The Bertz CT molecular complexity index is 979. The zero-order chi connectivity index (χ0) is 19.2. The van der Waals surface area contributed by atoms with Gasteiger partial charge in [-0.2, -0.15) is 0 Å². The molecule has 0 amide bonds.